The van der Waals surface area contributed by atoms with Crippen LogP contribution in [0.1, 0.15) is 5.56 Å². The molecule has 0 saturated carbocycles. The molecule has 0 aromatic heterocycles. The average molecular weight is 293 g/mol. The summed E-state index contributed by atoms with van der Waals surface area (Å²) in [5, 5.41) is 0. The van der Waals surface area contributed by atoms with Crippen LogP contribution in [0, 0.1) is 5.82 Å². The summed E-state index contributed by atoms with van der Waals surface area (Å²) in [6.45, 7) is 0.749. The fourth-order valence-corrected chi connectivity index (χ4v) is 2.07. The third-order valence-corrected chi connectivity index (χ3v) is 3.20. The first-order valence-electron chi connectivity index (χ1n) is 6.52. The number of morpholine rings is 1. The fraction of sp³-hybridized carbons (Fsp3) is 0.333. The molecule has 1 aromatic rings. The number of halogens is 1. The predicted molar refractivity (Wildman–Crippen MR) is 73.8 cm³/mol. The molecule has 0 radical (unpaired) electrons. The van der Waals surface area contributed by atoms with Gasteiger partial charge in [-0.25, -0.2) is 9.18 Å². The molecule has 1 aliphatic rings. The molecule has 1 fully saturated rings. The highest BCUT2D eigenvalue weighted by atomic mass is 19.1. The molecule has 1 aromatic carbocycles. The number of methoxy groups -OCH3 is 1. The van der Waals surface area contributed by atoms with Crippen LogP contribution in [0.15, 0.2) is 30.3 Å². The van der Waals surface area contributed by atoms with Crippen molar-refractivity contribution in [3.63, 3.8) is 0 Å². The Hall–Kier alpha value is -2.21. The maximum atomic E-state index is 13.5. The highest BCUT2D eigenvalue weighted by Crippen LogP contribution is 2.12. The number of carbonyl (C=O) groups is 2. The van der Waals surface area contributed by atoms with E-state index in [1.807, 2.05) is 0 Å². The second kappa shape index (κ2) is 6.99. The Morgan fingerprint density at radius 1 is 1.43 bits per heavy atom. The first-order chi connectivity index (χ1) is 10.1. The first kappa shape index (κ1) is 15.2. The molecule has 2 rings (SSSR count). The third-order valence-electron chi connectivity index (χ3n) is 3.20. The van der Waals surface area contributed by atoms with Gasteiger partial charge in [-0.1, -0.05) is 18.2 Å². The number of ether oxygens (including phenoxy) is 2. The summed E-state index contributed by atoms with van der Waals surface area (Å²) in [6.07, 6.45) is 2.64. The Morgan fingerprint density at radius 3 is 2.90 bits per heavy atom. The summed E-state index contributed by atoms with van der Waals surface area (Å²) in [7, 11) is 1.26. The molecule has 112 valence electrons. The minimum Gasteiger partial charge on any atom is -0.467 e. The molecule has 1 heterocycles. The maximum absolute atomic E-state index is 13.5. The molecular weight excluding hydrogens is 277 g/mol. The lowest BCUT2D eigenvalue weighted by Gasteiger charge is -2.32. The molecule has 5 nitrogen and oxygen atoms in total. The molecule has 1 saturated heterocycles. The molecule has 1 atom stereocenters. The Kier molecular flexibility index (Phi) is 5.05. The van der Waals surface area contributed by atoms with Gasteiger partial charge in [-0.15, -0.1) is 0 Å². The number of hydrogen-bond donors (Lipinski definition) is 0. The van der Waals surface area contributed by atoms with Crippen LogP contribution in [-0.4, -0.2) is 49.7 Å². The number of carbonyl (C=O) groups excluding carboxylic acids is 2. The fourth-order valence-electron chi connectivity index (χ4n) is 2.07. The van der Waals surface area contributed by atoms with E-state index >= 15 is 0 Å². The van der Waals surface area contributed by atoms with Crippen molar-refractivity contribution >= 4 is 18.0 Å². The predicted octanol–water partition coefficient (Wildman–Crippen LogP) is 1.24. The maximum Gasteiger partial charge on any atom is 0.331 e. The summed E-state index contributed by atoms with van der Waals surface area (Å²) in [5.74, 6) is -1.31. The molecule has 6 heteroatoms. The zero-order valence-electron chi connectivity index (χ0n) is 11.6. The van der Waals surface area contributed by atoms with Crippen LogP contribution in [0.2, 0.25) is 0 Å². The number of benzene rings is 1. The van der Waals surface area contributed by atoms with Gasteiger partial charge in [0.25, 0.3) is 0 Å². The van der Waals surface area contributed by atoms with Gasteiger partial charge in [-0.2, -0.15) is 0 Å². The van der Waals surface area contributed by atoms with E-state index in [9.17, 15) is 14.0 Å². The highest BCUT2D eigenvalue weighted by Gasteiger charge is 2.32. The van der Waals surface area contributed by atoms with Crippen molar-refractivity contribution in [3.05, 3.63) is 41.7 Å². The summed E-state index contributed by atoms with van der Waals surface area (Å²) < 4.78 is 23.3. The second-order valence-electron chi connectivity index (χ2n) is 4.50. The lowest BCUT2D eigenvalue weighted by molar-refractivity contribution is -0.158. The number of esters is 1. The Morgan fingerprint density at radius 2 is 2.19 bits per heavy atom. The van der Waals surface area contributed by atoms with Crippen LogP contribution in [0.3, 0.4) is 0 Å². The Labute approximate surface area is 121 Å². The minimum absolute atomic E-state index is 0.103. The van der Waals surface area contributed by atoms with Gasteiger partial charge in [0.2, 0.25) is 5.91 Å². The number of nitrogens with zero attached hydrogens (tertiary/aromatic N) is 1. The van der Waals surface area contributed by atoms with Gasteiger partial charge in [-0.3, -0.25) is 4.79 Å². The normalized spacial score (nSPS) is 18.8. The molecule has 0 bridgehead atoms. The van der Waals surface area contributed by atoms with E-state index in [0.717, 1.165) is 0 Å². The summed E-state index contributed by atoms with van der Waals surface area (Å²) in [4.78, 5) is 25.2. The van der Waals surface area contributed by atoms with Crippen LogP contribution in [0.4, 0.5) is 4.39 Å². The minimum atomic E-state index is -0.762. The van der Waals surface area contributed by atoms with Crippen LogP contribution < -0.4 is 0 Å². The Balaban J connectivity index is 2.11. The molecule has 0 N–H and O–H groups in total. The van der Waals surface area contributed by atoms with Gasteiger partial charge in [0.1, 0.15) is 5.82 Å². The average Bonchev–Trinajstić information content (AvgIpc) is 2.53. The Bertz CT molecular complexity index is 558. The smallest absolute Gasteiger partial charge is 0.331 e. The molecule has 1 aliphatic heterocycles. The standard InChI is InChI=1S/C15H16FNO4/c1-20-15(19)13-10-21-9-8-17(13)14(18)7-6-11-4-2-3-5-12(11)16/h2-7,13H,8-10H2,1H3/b7-6+. The SMILES string of the molecule is COC(=O)C1COCCN1C(=O)/C=C/c1ccccc1F. The van der Waals surface area contributed by atoms with E-state index in [0.29, 0.717) is 18.7 Å². The van der Waals surface area contributed by atoms with E-state index in [1.54, 1.807) is 18.2 Å². The van der Waals surface area contributed by atoms with Gasteiger partial charge < -0.3 is 14.4 Å². The van der Waals surface area contributed by atoms with E-state index in [1.165, 1.54) is 30.2 Å². The van der Waals surface area contributed by atoms with Crippen molar-refractivity contribution in [2.45, 2.75) is 6.04 Å². The van der Waals surface area contributed by atoms with Gasteiger partial charge >= 0.3 is 5.97 Å². The molecule has 0 aliphatic carbocycles. The topological polar surface area (TPSA) is 55.8 Å². The molecule has 1 unspecified atom stereocenters. The van der Waals surface area contributed by atoms with Crippen LogP contribution in [-0.2, 0) is 19.1 Å². The summed E-state index contributed by atoms with van der Waals surface area (Å²) >= 11 is 0. The summed E-state index contributed by atoms with van der Waals surface area (Å²) in [6, 6.07) is 5.37. The van der Waals surface area contributed by atoms with E-state index in [2.05, 4.69) is 4.74 Å². The van der Waals surface area contributed by atoms with Gasteiger partial charge in [0.05, 0.1) is 20.3 Å². The quantitative estimate of drug-likeness (QED) is 0.621. The summed E-state index contributed by atoms with van der Waals surface area (Å²) in [5.41, 5.74) is 0.314. The van der Waals surface area contributed by atoms with Crippen molar-refractivity contribution in [1.29, 1.82) is 0 Å². The zero-order chi connectivity index (χ0) is 15.2. The number of hydrogen-bond acceptors (Lipinski definition) is 4. The van der Waals surface area contributed by atoms with Crippen LogP contribution in [0.25, 0.3) is 6.08 Å². The third kappa shape index (κ3) is 3.66. The molecule has 1 amide bonds. The highest BCUT2D eigenvalue weighted by molar-refractivity contribution is 5.94. The van der Waals surface area contributed by atoms with E-state index < -0.39 is 17.8 Å². The lowest BCUT2D eigenvalue weighted by atomic mass is 10.2. The number of amides is 1. The second-order valence-corrected chi connectivity index (χ2v) is 4.50. The van der Waals surface area contributed by atoms with E-state index in [-0.39, 0.29) is 12.5 Å². The van der Waals surface area contributed by atoms with Crippen molar-refractivity contribution in [1.82, 2.24) is 4.90 Å². The van der Waals surface area contributed by atoms with Gasteiger partial charge in [0.15, 0.2) is 6.04 Å². The van der Waals surface area contributed by atoms with E-state index in [4.69, 9.17) is 4.74 Å². The molecular formula is C15H16FNO4. The molecule has 21 heavy (non-hydrogen) atoms. The van der Waals surface area contributed by atoms with Gasteiger partial charge in [0, 0.05) is 18.2 Å². The first-order valence-corrected chi connectivity index (χ1v) is 6.52. The lowest BCUT2D eigenvalue weighted by Crippen LogP contribution is -2.52. The van der Waals surface area contributed by atoms with Crippen molar-refractivity contribution in [2.24, 2.45) is 0 Å². The van der Waals surface area contributed by atoms with Gasteiger partial charge in [-0.05, 0) is 12.1 Å². The van der Waals surface area contributed by atoms with Crippen molar-refractivity contribution < 1.29 is 23.5 Å². The van der Waals surface area contributed by atoms with Crippen LogP contribution in [0.5, 0.6) is 0 Å². The van der Waals surface area contributed by atoms with Crippen molar-refractivity contribution in [3.8, 4) is 0 Å². The largest absolute Gasteiger partial charge is 0.467 e. The monoisotopic (exact) mass is 293 g/mol. The zero-order valence-corrected chi connectivity index (χ0v) is 11.6. The van der Waals surface area contributed by atoms with Crippen molar-refractivity contribution in [2.75, 3.05) is 26.9 Å². The number of rotatable bonds is 3. The van der Waals surface area contributed by atoms with Crippen LogP contribution >= 0.6 is 0 Å². The molecule has 0 spiro atoms.